The largest absolute Gasteiger partial charge is 0.392 e. The Kier molecular flexibility index (Phi) is 4.95. The number of terminal acetylenes is 1. The first kappa shape index (κ1) is 8.26. The summed E-state index contributed by atoms with van der Waals surface area (Å²) in [5, 5.41) is 8.41. The van der Waals surface area contributed by atoms with E-state index in [0.717, 1.165) is 18.4 Å². The molecule has 0 spiro atoms. The van der Waals surface area contributed by atoms with Crippen LogP contribution in [0.4, 0.5) is 0 Å². The van der Waals surface area contributed by atoms with Crippen LogP contribution in [0.25, 0.3) is 0 Å². The van der Waals surface area contributed by atoms with Crippen LogP contribution in [-0.2, 0) is 0 Å². The molecule has 0 aliphatic carbocycles. The summed E-state index contributed by atoms with van der Waals surface area (Å²) < 4.78 is 0. The summed E-state index contributed by atoms with van der Waals surface area (Å²) in [5.74, 6) is 2.53. The second-order valence-electron chi connectivity index (χ2n) is 1.94. The Labute approximate surface area is 56.4 Å². The monoisotopic (exact) mass is 124 g/mol. The fourth-order valence-electron chi connectivity index (χ4n) is 0.527. The molecule has 0 saturated carbocycles. The predicted molar refractivity (Wildman–Crippen MR) is 38.9 cm³/mol. The topological polar surface area (TPSA) is 20.2 Å². The molecule has 0 rings (SSSR count). The van der Waals surface area contributed by atoms with Crippen molar-refractivity contribution in [3.8, 4) is 12.3 Å². The van der Waals surface area contributed by atoms with E-state index in [1.54, 1.807) is 6.08 Å². The minimum Gasteiger partial charge on any atom is -0.392 e. The number of aliphatic hydroxyl groups excluding tert-OH is 1. The molecule has 0 atom stereocenters. The summed E-state index contributed by atoms with van der Waals surface area (Å²) in [7, 11) is 0. The van der Waals surface area contributed by atoms with Crippen molar-refractivity contribution in [1.82, 2.24) is 0 Å². The zero-order chi connectivity index (χ0) is 7.11. The zero-order valence-corrected chi connectivity index (χ0v) is 5.72. The van der Waals surface area contributed by atoms with Crippen LogP contribution in [0.5, 0.6) is 0 Å². The van der Waals surface area contributed by atoms with Crippen molar-refractivity contribution in [3.05, 3.63) is 11.6 Å². The lowest BCUT2D eigenvalue weighted by Gasteiger charge is -1.92. The van der Waals surface area contributed by atoms with Gasteiger partial charge in [0, 0.05) is 6.42 Å². The Morgan fingerprint density at radius 2 is 2.44 bits per heavy atom. The van der Waals surface area contributed by atoms with Crippen LogP contribution >= 0.6 is 0 Å². The molecule has 1 nitrogen and oxygen atoms in total. The molecular weight excluding hydrogens is 112 g/mol. The Bertz CT molecular complexity index is 128. The van der Waals surface area contributed by atoms with Crippen LogP contribution in [-0.4, -0.2) is 11.7 Å². The molecule has 9 heavy (non-hydrogen) atoms. The van der Waals surface area contributed by atoms with Gasteiger partial charge in [0.25, 0.3) is 0 Å². The third kappa shape index (κ3) is 5.13. The second kappa shape index (κ2) is 5.40. The van der Waals surface area contributed by atoms with Crippen molar-refractivity contribution in [3.63, 3.8) is 0 Å². The fraction of sp³-hybridized carbons (Fsp3) is 0.500. The molecule has 0 radical (unpaired) electrons. The van der Waals surface area contributed by atoms with E-state index in [2.05, 4.69) is 5.92 Å². The third-order valence-corrected chi connectivity index (χ3v) is 1.10. The van der Waals surface area contributed by atoms with Crippen LogP contribution in [0, 0.1) is 12.3 Å². The number of hydrogen-bond acceptors (Lipinski definition) is 1. The van der Waals surface area contributed by atoms with Crippen molar-refractivity contribution in [2.24, 2.45) is 0 Å². The molecule has 0 unspecified atom stereocenters. The van der Waals surface area contributed by atoms with Gasteiger partial charge < -0.3 is 5.11 Å². The highest BCUT2D eigenvalue weighted by Crippen LogP contribution is 2.00. The molecule has 0 aliphatic rings. The van der Waals surface area contributed by atoms with Crippen molar-refractivity contribution in [2.45, 2.75) is 19.8 Å². The molecular formula is C8H12O. The van der Waals surface area contributed by atoms with Gasteiger partial charge in [-0.15, -0.1) is 12.3 Å². The minimum absolute atomic E-state index is 0.121. The summed E-state index contributed by atoms with van der Waals surface area (Å²) in [4.78, 5) is 0. The fourth-order valence-corrected chi connectivity index (χ4v) is 0.527. The van der Waals surface area contributed by atoms with Gasteiger partial charge in [-0.05, 0) is 13.3 Å². The normalized spacial score (nSPS) is 11.0. The number of rotatable bonds is 3. The van der Waals surface area contributed by atoms with E-state index < -0.39 is 0 Å². The highest BCUT2D eigenvalue weighted by Gasteiger charge is 1.84. The molecule has 0 amide bonds. The molecule has 0 fully saturated rings. The van der Waals surface area contributed by atoms with E-state index in [0.29, 0.717) is 0 Å². The zero-order valence-electron chi connectivity index (χ0n) is 5.72. The van der Waals surface area contributed by atoms with Crippen molar-refractivity contribution in [1.29, 1.82) is 0 Å². The van der Waals surface area contributed by atoms with Crippen LogP contribution in [0.3, 0.4) is 0 Å². The highest BCUT2D eigenvalue weighted by atomic mass is 16.2. The third-order valence-electron chi connectivity index (χ3n) is 1.10. The molecule has 0 aromatic carbocycles. The second-order valence-corrected chi connectivity index (χ2v) is 1.94. The summed E-state index contributed by atoms with van der Waals surface area (Å²) in [5.41, 5.74) is 1.16. The van der Waals surface area contributed by atoms with Gasteiger partial charge in [-0.3, -0.25) is 0 Å². The maximum Gasteiger partial charge on any atom is 0.0614 e. The summed E-state index contributed by atoms with van der Waals surface area (Å²) in [6, 6.07) is 0. The van der Waals surface area contributed by atoms with Gasteiger partial charge in [0.15, 0.2) is 0 Å². The van der Waals surface area contributed by atoms with Crippen molar-refractivity contribution >= 4 is 0 Å². The first-order chi connectivity index (χ1) is 4.31. The first-order valence-electron chi connectivity index (χ1n) is 3.01. The van der Waals surface area contributed by atoms with E-state index in [9.17, 15) is 0 Å². The molecule has 1 N–H and O–H groups in total. The molecule has 50 valence electrons. The first-order valence-corrected chi connectivity index (χ1v) is 3.01. The Hall–Kier alpha value is -0.740. The Morgan fingerprint density at radius 1 is 1.78 bits per heavy atom. The quantitative estimate of drug-likeness (QED) is 0.444. The van der Waals surface area contributed by atoms with Crippen LogP contribution in [0.15, 0.2) is 11.6 Å². The minimum atomic E-state index is 0.121. The Morgan fingerprint density at radius 3 is 2.89 bits per heavy atom. The Balaban J connectivity index is 3.40. The molecule has 0 aromatic rings. The average molecular weight is 124 g/mol. The van der Waals surface area contributed by atoms with Gasteiger partial charge in [0.2, 0.25) is 0 Å². The molecule has 0 heterocycles. The molecule has 0 aromatic heterocycles. The van der Waals surface area contributed by atoms with Crippen LogP contribution in [0.1, 0.15) is 19.8 Å². The maximum atomic E-state index is 8.41. The van der Waals surface area contributed by atoms with Gasteiger partial charge in [0.05, 0.1) is 6.61 Å². The lowest BCUT2D eigenvalue weighted by Crippen LogP contribution is -1.79. The number of aliphatic hydroxyl groups is 1. The van der Waals surface area contributed by atoms with E-state index in [1.165, 1.54) is 0 Å². The molecule has 0 aliphatic heterocycles. The maximum absolute atomic E-state index is 8.41. The molecule has 1 heteroatoms. The van der Waals surface area contributed by atoms with E-state index >= 15 is 0 Å². The van der Waals surface area contributed by atoms with E-state index in [-0.39, 0.29) is 6.61 Å². The smallest absolute Gasteiger partial charge is 0.0614 e. The van der Waals surface area contributed by atoms with Crippen molar-refractivity contribution < 1.29 is 5.11 Å². The van der Waals surface area contributed by atoms with E-state index in [4.69, 9.17) is 11.5 Å². The van der Waals surface area contributed by atoms with Gasteiger partial charge in [-0.25, -0.2) is 0 Å². The molecule has 0 saturated heterocycles. The molecule has 0 bridgehead atoms. The number of hydrogen-bond donors (Lipinski definition) is 1. The van der Waals surface area contributed by atoms with E-state index in [1.807, 2.05) is 6.92 Å². The average Bonchev–Trinajstić information content (AvgIpc) is 1.85. The van der Waals surface area contributed by atoms with Crippen LogP contribution < -0.4 is 0 Å². The SMILES string of the molecule is C#CCC/C(C)=C/CO. The van der Waals surface area contributed by atoms with Gasteiger partial charge in [-0.1, -0.05) is 11.6 Å². The standard InChI is InChI=1S/C8H12O/c1-3-4-5-8(2)6-7-9/h1,6,9H,4-5,7H2,2H3/b8-6+. The summed E-state index contributed by atoms with van der Waals surface area (Å²) >= 11 is 0. The van der Waals surface area contributed by atoms with Gasteiger partial charge >= 0.3 is 0 Å². The summed E-state index contributed by atoms with van der Waals surface area (Å²) in [6.07, 6.45) is 8.47. The lowest BCUT2D eigenvalue weighted by atomic mass is 10.1. The number of allylic oxidation sites excluding steroid dienone is 1. The lowest BCUT2D eigenvalue weighted by molar-refractivity contribution is 0.341. The van der Waals surface area contributed by atoms with Gasteiger partial charge in [0.1, 0.15) is 0 Å². The summed E-state index contributed by atoms with van der Waals surface area (Å²) in [6.45, 7) is 2.09. The highest BCUT2D eigenvalue weighted by molar-refractivity contribution is 5.01. The van der Waals surface area contributed by atoms with Crippen molar-refractivity contribution in [2.75, 3.05) is 6.61 Å². The van der Waals surface area contributed by atoms with Gasteiger partial charge in [-0.2, -0.15) is 0 Å². The van der Waals surface area contributed by atoms with Crippen LogP contribution in [0.2, 0.25) is 0 Å². The predicted octanol–water partition coefficient (Wildman–Crippen LogP) is 1.34.